The van der Waals surface area contributed by atoms with Gasteiger partial charge in [0.15, 0.2) is 0 Å². The summed E-state index contributed by atoms with van der Waals surface area (Å²) in [5.41, 5.74) is 6.70. The molecular weight excluding hydrogens is 244 g/mol. The van der Waals surface area contributed by atoms with Gasteiger partial charge >= 0.3 is 0 Å². The van der Waals surface area contributed by atoms with Gasteiger partial charge in [-0.25, -0.2) is 0 Å². The van der Waals surface area contributed by atoms with Crippen molar-refractivity contribution < 1.29 is 4.74 Å². The Morgan fingerprint density at radius 3 is 2.78 bits per heavy atom. The number of rotatable bonds is 6. The van der Waals surface area contributed by atoms with Crippen LogP contribution < -0.4 is 10.5 Å². The van der Waals surface area contributed by atoms with E-state index in [2.05, 4.69) is 23.7 Å². The van der Waals surface area contributed by atoms with E-state index in [9.17, 15) is 0 Å². The average molecular weight is 266 g/mol. The van der Waals surface area contributed by atoms with E-state index in [1.165, 1.54) is 17.9 Å². The monoisotopic (exact) mass is 266 g/mol. The van der Waals surface area contributed by atoms with Gasteiger partial charge in [0.25, 0.3) is 0 Å². The zero-order valence-electron chi connectivity index (χ0n) is 11.0. The van der Waals surface area contributed by atoms with Crippen molar-refractivity contribution in [2.24, 2.45) is 5.73 Å². The van der Waals surface area contributed by atoms with Crippen LogP contribution in [0.4, 0.5) is 0 Å². The second-order valence-corrected chi connectivity index (χ2v) is 5.84. The van der Waals surface area contributed by atoms with Crippen molar-refractivity contribution in [3.8, 4) is 5.75 Å². The van der Waals surface area contributed by atoms with E-state index in [4.69, 9.17) is 10.5 Å². The Morgan fingerprint density at radius 1 is 1.39 bits per heavy atom. The average Bonchev–Trinajstić information content (AvgIpc) is 2.93. The first-order chi connectivity index (χ1) is 8.79. The van der Waals surface area contributed by atoms with E-state index in [0.717, 1.165) is 30.5 Å². The summed E-state index contributed by atoms with van der Waals surface area (Å²) in [5.74, 6) is 3.50. The van der Waals surface area contributed by atoms with Crippen LogP contribution in [0, 0.1) is 0 Å². The molecule has 1 aromatic rings. The third kappa shape index (κ3) is 3.90. The molecule has 0 saturated carbocycles. The molecule has 0 radical (unpaired) electrons. The lowest BCUT2D eigenvalue weighted by molar-refractivity contribution is 0.202. The molecular formula is C14H22N2OS. The normalized spacial score (nSPS) is 19.4. The van der Waals surface area contributed by atoms with Gasteiger partial charge in [0.05, 0.1) is 0 Å². The van der Waals surface area contributed by atoms with Crippen molar-refractivity contribution in [3.63, 3.8) is 0 Å². The van der Waals surface area contributed by atoms with E-state index >= 15 is 0 Å². The van der Waals surface area contributed by atoms with Crippen LogP contribution in [0.2, 0.25) is 0 Å². The lowest BCUT2D eigenvalue weighted by Gasteiger charge is -2.23. The van der Waals surface area contributed by atoms with Crippen molar-refractivity contribution in [2.75, 3.05) is 31.7 Å². The molecule has 100 valence electrons. The fraction of sp³-hybridized carbons (Fsp3) is 0.571. The molecule has 0 aromatic heterocycles. The van der Waals surface area contributed by atoms with E-state index in [-0.39, 0.29) is 0 Å². The van der Waals surface area contributed by atoms with Crippen LogP contribution in [0.1, 0.15) is 12.0 Å². The van der Waals surface area contributed by atoms with E-state index in [1.54, 1.807) is 0 Å². The van der Waals surface area contributed by atoms with Crippen LogP contribution in [0.5, 0.6) is 5.75 Å². The number of benzene rings is 1. The SMILES string of the molecule is CN(CCOc1ccc(CN)cc1)C1CCSC1. The number of hydrogen-bond acceptors (Lipinski definition) is 4. The van der Waals surface area contributed by atoms with Gasteiger partial charge < -0.3 is 10.5 Å². The summed E-state index contributed by atoms with van der Waals surface area (Å²) in [7, 11) is 2.19. The van der Waals surface area contributed by atoms with Crippen molar-refractivity contribution >= 4 is 11.8 Å². The highest BCUT2D eigenvalue weighted by molar-refractivity contribution is 7.99. The quantitative estimate of drug-likeness (QED) is 0.854. The highest BCUT2D eigenvalue weighted by Crippen LogP contribution is 2.21. The third-order valence-electron chi connectivity index (χ3n) is 3.40. The maximum absolute atomic E-state index is 5.75. The molecule has 2 rings (SSSR count). The number of thioether (sulfide) groups is 1. The molecule has 1 heterocycles. The fourth-order valence-electron chi connectivity index (χ4n) is 2.08. The molecule has 1 atom stereocenters. The molecule has 3 nitrogen and oxygen atoms in total. The van der Waals surface area contributed by atoms with E-state index in [0.29, 0.717) is 6.54 Å². The molecule has 0 spiro atoms. The number of ether oxygens (including phenoxy) is 1. The van der Waals surface area contributed by atoms with Crippen molar-refractivity contribution in [1.29, 1.82) is 0 Å². The molecule has 1 aliphatic heterocycles. The maximum atomic E-state index is 5.75. The standard InChI is InChI=1S/C14H22N2OS/c1-16(13-6-9-18-11-13)7-8-17-14-4-2-12(10-15)3-5-14/h2-5,13H,6-11,15H2,1H3. The number of nitrogens with zero attached hydrogens (tertiary/aromatic N) is 1. The summed E-state index contributed by atoms with van der Waals surface area (Å²) in [6.45, 7) is 2.33. The molecule has 0 aliphatic carbocycles. The van der Waals surface area contributed by atoms with Gasteiger partial charge in [0.2, 0.25) is 0 Å². The summed E-state index contributed by atoms with van der Waals surface area (Å²) in [4.78, 5) is 2.41. The molecule has 1 fully saturated rings. The topological polar surface area (TPSA) is 38.5 Å². The van der Waals surface area contributed by atoms with Crippen molar-refractivity contribution in [1.82, 2.24) is 4.90 Å². The fourth-order valence-corrected chi connectivity index (χ4v) is 3.38. The minimum Gasteiger partial charge on any atom is -0.492 e. The Kier molecular flexibility index (Phi) is 5.35. The van der Waals surface area contributed by atoms with Crippen LogP contribution in [-0.2, 0) is 6.54 Å². The lowest BCUT2D eigenvalue weighted by Crippen LogP contribution is -2.34. The molecule has 4 heteroatoms. The summed E-state index contributed by atoms with van der Waals surface area (Å²) in [6, 6.07) is 8.76. The van der Waals surface area contributed by atoms with Gasteiger partial charge in [-0.15, -0.1) is 0 Å². The molecule has 1 aromatic carbocycles. The molecule has 1 aliphatic rings. The minimum atomic E-state index is 0.586. The summed E-state index contributed by atoms with van der Waals surface area (Å²) >= 11 is 2.05. The molecule has 0 amide bonds. The lowest BCUT2D eigenvalue weighted by atomic mass is 10.2. The Balaban J connectivity index is 1.70. The van der Waals surface area contributed by atoms with Crippen LogP contribution in [0.25, 0.3) is 0 Å². The molecule has 1 unspecified atom stereocenters. The molecule has 2 N–H and O–H groups in total. The van der Waals surface area contributed by atoms with Crippen molar-refractivity contribution in [2.45, 2.75) is 19.0 Å². The van der Waals surface area contributed by atoms with E-state index in [1.807, 2.05) is 24.3 Å². The second kappa shape index (κ2) is 7.02. The van der Waals surface area contributed by atoms with Gasteiger partial charge in [0, 0.05) is 24.9 Å². The summed E-state index contributed by atoms with van der Waals surface area (Å²) in [5, 5.41) is 0. The number of likely N-dealkylation sites (N-methyl/N-ethyl adjacent to an activating group) is 1. The Bertz CT molecular complexity index is 349. The maximum Gasteiger partial charge on any atom is 0.119 e. The first-order valence-electron chi connectivity index (χ1n) is 6.49. The zero-order valence-corrected chi connectivity index (χ0v) is 11.8. The Labute approximate surface area is 114 Å². The van der Waals surface area contributed by atoms with Gasteiger partial charge in [-0.05, 0) is 36.9 Å². The molecule has 1 saturated heterocycles. The smallest absolute Gasteiger partial charge is 0.119 e. The Hall–Kier alpha value is -0.710. The van der Waals surface area contributed by atoms with Gasteiger partial charge in [-0.1, -0.05) is 12.1 Å². The third-order valence-corrected chi connectivity index (χ3v) is 4.55. The largest absolute Gasteiger partial charge is 0.492 e. The highest BCUT2D eigenvalue weighted by atomic mass is 32.2. The molecule has 18 heavy (non-hydrogen) atoms. The van der Waals surface area contributed by atoms with Crippen LogP contribution in [0.3, 0.4) is 0 Å². The first-order valence-corrected chi connectivity index (χ1v) is 7.65. The number of hydrogen-bond donors (Lipinski definition) is 1. The molecule has 0 bridgehead atoms. The van der Waals surface area contributed by atoms with Crippen LogP contribution in [0.15, 0.2) is 24.3 Å². The van der Waals surface area contributed by atoms with E-state index < -0.39 is 0 Å². The second-order valence-electron chi connectivity index (χ2n) is 4.69. The van der Waals surface area contributed by atoms with Crippen LogP contribution in [-0.4, -0.2) is 42.6 Å². The highest BCUT2D eigenvalue weighted by Gasteiger charge is 2.19. The predicted octanol–water partition coefficient (Wildman–Crippen LogP) is 1.96. The predicted molar refractivity (Wildman–Crippen MR) is 78.2 cm³/mol. The van der Waals surface area contributed by atoms with Gasteiger partial charge in [-0.2, -0.15) is 11.8 Å². The van der Waals surface area contributed by atoms with Crippen LogP contribution >= 0.6 is 11.8 Å². The minimum absolute atomic E-state index is 0.586. The summed E-state index contributed by atoms with van der Waals surface area (Å²) < 4.78 is 5.75. The Morgan fingerprint density at radius 2 is 2.17 bits per heavy atom. The zero-order chi connectivity index (χ0) is 12.8. The van der Waals surface area contributed by atoms with Crippen molar-refractivity contribution in [3.05, 3.63) is 29.8 Å². The van der Waals surface area contributed by atoms with Gasteiger partial charge in [0.1, 0.15) is 12.4 Å². The number of nitrogens with two attached hydrogens (primary N) is 1. The first kappa shape index (κ1) is 13.7. The van der Waals surface area contributed by atoms with Gasteiger partial charge in [-0.3, -0.25) is 4.90 Å². The summed E-state index contributed by atoms with van der Waals surface area (Å²) in [6.07, 6.45) is 1.31.